The van der Waals surface area contributed by atoms with Crippen molar-refractivity contribution >= 4 is 9.76 Å². The number of allylic oxidation sites excluding steroid dienone is 1. The SMILES string of the molecule is CC=CCCO[Si]CCC. The van der Waals surface area contributed by atoms with Gasteiger partial charge in [-0.05, 0) is 19.4 Å². The Bertz CT molecular complexity index is 81.3. The van der Waals surface area contributed by atoms with E-state index >= 15 is 0 Å². The third-order valence-electron chi connectivity index (χ3n) is 1.08. The molecule has 0 aliphatic rings. The van der Waals surface area contributed by atoms with Crippen molar-refractivity contribution < 1.29 is 4.43 Å². The van der Waals surface area contributed by atoms with Crippen LogP contribution in [0.4, 0.5) is 0 Å². The first-order chi connectivity index (χ1) is 4.91. The van der Waals surface area contributed by atoms with Crippen LogP contribution in [0.15, 0.2) is 12.2 Å². The molecule has 0 aromatic carbocycles. The summed E-state index contributed by atoms with van der Waals surface area (Å²) in [6, 6.07) is 1.22. The Hall–Kier alpha value is -0.0831. The summed E-state index contributed by atoms with van der Waals surface area (Å²) in [5, 5.41) is 0. The van der Waals surface area contributed by atoms with E-state index in [4.69, 9.17) is 4.43 Å². The zero-order chi connectivity index (χ0) is 7.66. The van der Waals surface area contributed by atoms with E-state index in [2.05, 4.69) is 19.1 Å². The van der Waals surface area contributed by atoms with Gasteiger partial charge >= 0.3 is 0 Å². The Morgan fingerprint density at radius 3 is 2.90 bits per heavy atom. The molecular formula is C8H16OSi. The van der Waals surface area contributed by atoms with Crippen molar-refractivity contribution in [1.82, 2.24) is 0 Å². The van der Waals surface area contributed by atoms with Crippen LogP contribution >= 0.6 is 0 Å². The minimum absolute atomic E-state index is 0.710. The molecule has 0 aliphatic heterocycles. The minimum Gasteiger partial charge on any atom is -0.417 e. The number of rotatable bonds is 6. The van der Waals surface area contributed by atoms with Crippen molar-refractivity contribution in [2.75, 3.05) is 6.61 Å². The van der Waals surface area contributed by atoms with Gasteiger partial charge in [-0.3, -0.25) is 0 Å². The summed E-state index contributed by atoms with van der Waals surface area (Å²) in [6.45, 7) is 5.11. The summed E-state index contributed by atoms with van der Waals surface area (Å²) in [5.41, 5.74) is 0. The van der Waals surface area contributed by atoms with Crippen molar-refractivity contribution in [2.45, 2.75) is 32.7 Å². The van der Waals surface area contributed by atoms with Crippen molar-refractivity contribution in [3.8, 4) is 0 Å². The predicted molar refractivity (Wildman–Crippen MR) is 46.2 cm³/mol. The van der Waals surface area contributed by atoms with Gasteiger partial charge in [0.25, 0.3) is 0 Å². The maximum absolute atomic E-state index is 5.35. The predicted octanol–water partition coefficient (Wildman–Crippen LogP) is 2.42. The van der Waals surface area contributed by atoms with Crippen LogP contribution in [0.2, 0.25) is 6.04 Å². The van der Waals surface area contributed by atoms with Crippen LogP contribution in [-0.2, 0) is 4.43 Å². The fraction of sp³-hybridized carbons (Fsp3) is 0.750. The van der Waals surface area contributed by atoms with E-state index in [0.717, 1.165) is 13.0 Å². The Balaban J connectivity index is 2.77. The molecule has 0 saturated heterocycles. The van der Waals surface area contributed by atoms with E-state index < -0.39 is 0 Å². The molecule has 2 radical (unpaired) electrons. The molecule has 2 heteroatoms. The van der Waals surface area contributed by atoms with E-state index in [1.807, 2.05) is 6.92 Å². The Labute approximate surface area is 66.4 Å². The van der Waals surface area contributed by atoms with E-state index in [1.165, 1.54) is 12.5 Å². The molecule has 0 spiro atoms. The summed E-state index contributed by atoms with van der Waals surface area (Å²) < 4.78 is 5.35. The van der Waals surface area contributed by atoms with E-state index in [-0.39, 0.29) is 0 Å². The number of hydrogen-bond donors (Lipinski definition) is 0. The molecule has 0 amide bonds. The average Bonchev–Trinajstić information content (AvgIpc) is 1.97. The van der Waals surface area contributed by atoms with E-state index in [9.17, 15) is 0 Å². The summed E-state index contributed by atoms with van der Waals surface area (Å²) >= 11 is 0. The van der Waals surface area contributed by atoms with Crippen molar-refractivity contribution in [2.24, 2.45) is 0 Å². The van der Waals surface area contributed by atoms with Gasteiger partial charge in [-0.25, -0.2) is 0 Å². The van der Waals surface area contributed by atoms with Crippen LogP contribution in [0.3, 0.4) is 0 Å². The fourth-order valence-electron chi connectivity index (χ4n) is 0.540. The lowest BCUT2D eigenvalue weighted by atomic mass is 10.4. The molecular weight excluding hydrogens is 140 g/mol. The largest absolute Gasteiger partial charge is 0.417 e. The molecule has 0 saturated carbocycles. The van der Waals surface area contributed by atoms with Gasteiger partial charge in [0.2, 0.25) is 9.76 Å². The summed E-state index contributed by atoms with van der Waals surface area (Å²) in [4.78, 5) is 0. The molecule has 10 heavy (non-hydrogen) atoms. The van der Waals surface area contributed by atoms with Gasteiger partial charge in [0.15, 0.2) is 0 Å². The van der Waals surface area contributed by atoms with Crippen molar-refractivity contribution in [1.29, 1.82) is 0 Å². The minimum atomic E-state index is 0.710. The van der Waals surface area contributed by atoms with Crippen molar-refractivity contribution in [3.05, 3.63) is 12.2 Å². The molecule has 0 bridgehead atoms. The summed E-state index contributed by atoms with van der Waals surface area (Å²) in [7, 11) is 0.710. The van der Waals surface area contributed by atoms with Gasteiger partial charge < -0.3 is 4.43 Å². The first-order valence-corrected chi connectivity index (χ1v) is 4.99. The molecule has 0 aromatic heterocycles. The maximum atomic E-state index is 5.35. The fourth-order valence-corrected chi connectivity index (χ4v) is 1.15. The highest BCUT2D eigenvalue weighted by atomic mass is 28.2. The quantitative estimate of drug-likeness (QED) is 0.326. The van der Waals surface area contributed by atoms with Crippen molar-refractivity contribution in [3.63, 3.8) is 0 Å². The highest BCUT2D eigenvalue weighted by Crippen LogP contribution is 1.89. The standard InChI is InChI=1S/C8H16OSi/c1-3-5-6-7-9-10-8-4-2/h3,5H,4,6-8H2,1-2H3. The molecule has 0 atom stereocenters. The lowest BCUT2D eigenvalue weighted by molar-refractivity contribution is 0.342. The maximum Gasteiger partial charge on any atom is 0.229 e. The second-order valence-electron chi connectivity index (χ2n) is 2.10. The molecule has 0 aliphatic carbocycles. The normalized spacial score (nSPS) is 11.0. The zero-order valence-corrected chi connectivity index (χ0v) is 7.89. The molecule has 1 nitrogen and oxygen atoms in total. The zero-order valence-electron chi connectivity index (χ0n) is 6.89. The van der Waals surface area contributed by atoms with Crippen LogP contribution in [0.5, 0.6) is 0 Å². The molecule has 0 rings (SSSR count). The van der Waals surface area contributed by atoms with Crippen LogP contribution in [0.1, 0.15) is 26.7 Å². The van der Waals surface area contributed by atoms with E-state index in [1.54, 1.807) is 0 Å². The molecule has 0 aromatic rings. The van der Waals surface area contributed by atoms with Gasteiger partial charge in [0, 0.05) is 6.61 Å². The van der Waals surface area contributed by atoms with Gasteiger partial charge in [0.1, 0.15) is 0 Å². The topological polar surface area (TPSA) is 9.23 Å². The monoisotopic (exact) mass is 156 g/mol. The second kappa shape index (κ2) is 8.92. The molecule has 0 fully saturated rings. The van der Waals surface area contributed by atoms with Crippen LogP contribution in [0.25, 0.3) is 0 Å². The molecule has 0 N–H and O–H groups in total. The highest BCUT2D eigenvalue weighted by Gasteiger charge is 1.86. The smallest absolute Gasteiger partial charge is 0.229 e. The van der Waals surface area contributed by atoms with Crippen LogP contribution < -0.4 is 0 Å². The second-order valence-corrected chi connectivity index (χ2v) is 3.18. The number of hydrogen-bond acceptors (Lipinski definition) is 1. The molecule has 0 unspecified atom stereocenters. The van der Waals surface area contributed by atoms with Gasteiger partial charge in [0.05, 0.1) is 0 Å². The third kappa shape index (κ3) is 7.92. The lowest BCUT2D eigenvalue weighted by Gasteiger charge is -1.96. The first kappa shape index (κ1) is 9.92. The third-order valence-corrected chi connectivity index (χ3v) is 2.19. The van der Waals surface area contributed by atoms with Crippen LogP contribution in [0, 0.1) is 0 Å². The van der Waals surface area contributed by atoms with E-state index in [0.29, 0.717) is 9.76 Å². The van der Waals surface area contributed by atoms with Crippen LogP contribution in [-0.4, -0.2) is 16.4 Å². The Kier molecular flexibility index (Phi) is 8.84. The molecule has 0 heterocycles. The first-order valence-electron chi connectivity index (χ1n) is 3.87. The highest BCUT2D eigenvalue weighted by molar-refractivity contribution is 6.26. The molecule has 58 valence electrons. The average molecular weight is 156 g/mol. The lowest BCUT2D eigenvalue weighted by Crippen LogP contribution is -1.98. The van der Waals surface area contributed by atoms with Gasteiger partial charge in [-0.15, -0.1) is 0 Å². The van der Waals surface area contributed by atoms with Gasteiger partial charge in [-0.1, -0.05) is 25.5 Å². The summed E-state index contributed by atoms with van der Waals surface area (Å²) in [5.74, 6) is 0. The Morgan fingerprint density at radius 2 is 2.30 bits per heavy atom. The summed E-state index contributed by atoms with van der Waals surface area (Å²) in [6.07, 6.45) is 6.50. The van der Waals surface area contributed by atoms with Gasteiger partial charge in [-0.2, -0.15) is 0 Å². The Morgan fingerprint density at radius 1 is 1.50 bits per heavy atom.